The SMILES string of the molecule is COc1cc(OC)cc(C(OC)C(N)=O)c1. The van der Waals surface area contributed by atoms with Gasteiger partial charge in [-0.05, 0) is 17.7 Å². The van der Waals surface area contributed by atoms with Crippen molar-refractivity contribution in [2.24, 2.45) is 5.73 Å². The lowest BCUT2D eigenvalue weighted by molar-refractivity contribution is -0.128. The van der Waals surface area contributed by atoms with Gasteiger partial charge in [0, 0.05) is 13.2 Å². The average molecular weight is 225 g/mol. The van der Waals surface area contributed by atoms with E-state index in [1.54, 1.807) is 18.2 Å². The molecule has 0 heterocycles. The van der Waals surface area contributed by atoms with E-state index >= 15 is 0 Å². The lowest BCUT2D eigenvalue weighted by Gasteiger charge is -2.14. The van der Waals surface area contributed by atoms with Crippen molar-refractivity contribution in [2.45, 2.75) is 6.10 Å². The van der Waals surface area contributed by atoms with Gasteiger partial charge in [0.05, 0.1) is 14.2 Å². The summed E-state index contributed by atoms with van der Waals surface area (Å²) in [6, 6.07) is 5.07. The first kappa shape index (κ1) is 12.3. The minimum absolute atomic E-state index is 0.558. The second kappa shape index (κ2) is 5.37. The molecule has 1 amide bonds. The maximum Gasteiger partial charge on any atom is 0.251 e. The summed E-state index contributed by atoms with van der Waals surface area (Å²) in [5, 5.41) is 0. The van der Waals surface area contributed by atoms with Crippen LogP contribution in [-0.2, 0) is 9.53 Å². The molecule has 88 valence electrons. The Hall–Kier alpha value is -1.75. The molecule has 0 aliphatic rings. The highest BCUT2D eigenvalue weighted by Gasteiger charge is 2.18. The van der Waals surface area contributed by atoms with Crippen LogP contribution in [0.3, 0.4) is 0 Å². The first-order chi connectivity index (χ1) is 7.62. The molecule has 0 aliphatic carbocycles. The quantitative estimate of drug-likeness (QED) is 0.807. The predicted octanol–water partition coefficient (Wildman–Crippen LogP) is 0.877. The zero-order valence-electron chi connectivity index (χ0n) is 9.52. The van der Waals surface area contributed by atoms with Crippen molar-refractivity contribution < 1.29 is 19.0 Å². The van der Waals surface area contributed by atoms with Crippen LogP contribution in [0.5, 0.6) is 11.5 Å². The molecule has 2 N–H and O–H groups in total. The largest absolute Gasteiger partial charge is 0.497 e. The average Bonchev–Trinajstić information content (AvgIpc) is 2.29. The van der Waals surface area contributed by atoms with Crippen molar-refractivity contribution in [3.8, 4) is 11.5 Å². The van der Waals surface area contributed by atoms with Crippen LogP contribution in [0.2, 0.25) is 0 Å². The topological polar surface area (TPSA) is 70.8 Å². The third-order valence-corrected chi connectivity index (χ3v) is 2.17. The summed E-state index contributed by atoms with van der Waals surface area (Å²) in [5.74, 6) is 0.605. The van der Waals surface area contributed by atoms with E-state index in [0.717, 1.165) is 0 Å². The second-order valence-electron chi connectivity index (χ2n) is 3.16. The van der Waals surface area contributed by atoms with Crippen molar-refractivity contribution in [1.29, 1.82) is 0 Å². The Kier molecular flexibility index (Phi) is 4.13. The molecular weight excluding hydrogens is 210 g/mol. The van der Waals surface area contributed by atoms with Crippen LogP contribution in [0.15, 0.2) is 18.2 Å². The van der Waals surface area contributed by atoms with Gasteiger partial charge in [-0.2, -0.15) is 0 Å². The number of nitrogens with two attached hydrogens (primary N) is 1. The van der Waals surface area contributed by atoms with Crippen LogP contribution < -0.4 is 15.2 Å². The Morgan fingerprint density at radius 2 is 1.62 bits per heavy atom. The minimum Gasteiger partial charge on any atom is -0.497 e. The summed E-state index contributed by atoms with van der Waals surface area (Å²) in [4.78, 5) is 11.1. The number of methoxy groups -OCH3 is 3. The second-order valence-corrected chi connectivity index (χ2v) is 3.16. The molecule has 0 aromatic heterocycles. The predicted molar refractivity (Wildman–Crippen MR) is 58.5 cm³/mol. The molecule has 5 heteroatoms. The van der Waals surface area contributed by atoms with Gasteiger partial charge in [-0.15, -0.1) is 0 Å². The van der Waals surface area contributed by atoms with Crippen LogP contribution in [-0.4, -0.2) is 27.2 Å². The van der Waals surface area contributed by atoms with Gasteiger partial charge in [-0.3, -0.25) is 4.79 Å². The van der Waals surface area contributed by atoms with Crippen LogP contribution in [0.25, 0.3) is 0 Å². The van der Waals surface area contributed by atoms with Gasteiger partial charge in [0.15, 0.2) is 6.10 Å². The molecule has 0 saturated heterocycles. The molecule has 1 rings (SSSR count). The summed E-state index contributed by atoms with van der Waals surface area (Å²) >= 11 is 0. The van der Waals surface area contributed by atoms with Crippen LogP contribution in [0.1, 0.15) is 11.7 Å². The standard InChI is InChI=1S/C11H15NO4/c1-14-8-4-7(5-9(6-8)15-2)10(16-3)11(12)13/h4-6,10H,1-3H3,(H2,12,13). The number of amides is 1. The minimum atomic E-state index is -0.802. The van der Waals surface area contributed by atoms with Gasteiger partial charge in [0.2, 0.25) is 0 Å². The lowest BCUT2D eigenvalue weighted by Crippen LogP contribution is -2.22. The molecule has 1 aromatic rings. The number of hydrogen-bond donors (Lipinski definition) is 1. The Labute approximate surface area is 94.1 Å². The molecule has 0 radical (unpaired) electrons. The van der Waals surface area contributed by atoms with Gasteiger partial charge in [-0.25, -0.2) is 0 Å². The van der Waals surface area contributed by atoms with Crippen LogP contribution in [0.4, 0.5) is 0 Å². The summed E-state index contributed by atoms with van der Waals surface area (Å²) < 4.78 is 15.2. The third-order valence-electron chi connectivity index (χ3n) is 2.17. The van der Waals surface area contributed by atoms with Crippen molar-refractivity contribution >= 4 is 5.91 Å². The summed E-state index contributed by atoms with van der Waals surface area (Å²) in [5.41, 5.74) is 5.82. The van der Waals surface area contributed by atoms with E-state index in [-0.39, 0.29) is 0 Å². The zero-order chi connectivity index (χ0) is 12.1. The van der Waals surface area contributed by atoms with E-state index in [2.05, 4.69) is 0 Å². The molecule has 1 atom stereocenters. The normalized spacial score (nSPS) is 11.9. The van der Waals surface area contributed by atoms with Crippen molar-refractivity contribution in [2.75, 3.05) is 21.3 Å². The fourth-order valence-electron chi connectivity index (χ4n) is 1.40. The van der Waals surface area contributed by atoms with E-state index in [9.17, 15) is 4.79 Å². The molecule has 5 nitrogen and oxygen atoms in total. The Balaban J connectivity index is 3.15. The van der Waals surface area contributed by atoms with Crippen LogP contribution >= 0.6 is 0 Å². The van der Waals surface area contributed by atoms with E-state index in [1.165, 1.54) is 21.3 Å². The maximum atomic E-state index is 11.1. The van der Waals surface area contributed by atoms with Crippen LogP contribution in [0, 0.1) is 0 Å². The van der Waals surface area contributed by atoms with E-state index in [1.807, 2.05) is 0 Å². The summed E-state index contributed by atoms with van der Waals surface area (Å²) in [7, 11) is 4.48. The number of rotatable bonds is 5. The number of carbonyl (C=O) groups is 1. The molecule has 0 spiro atoms. The molecule has 16 heavy (non-hydrogen) atoms. The van der Waals surface area contributed by atoms with E-state index in [4.69, 9.17) is 19.9 Å². The summed E-state index contributed by atoms with van der Waals surface area (Å²) in [6.07, 6.45) is -0.802. The number of primary amides is 1. The molecule has 1 aromatic carbocycles. The Bertz CT molecular complexity index is 356. The Morgan fingerprint density at radius 1 is 1.12 bits per heavy atom. The molecular formula is C11H15NO4. The van der Waals surface area contributed by atoms with Gasteiger partial charge < -0.3 is 19.9 Å². The highest BCUT2D eigenvalue weighted by molar-refractivity contribution is 5.80. The molecule has 0 saturated carbocycles. The smallest absolute Gasteiger partial charge is 0.251 e. The van der Waals surface area contributed by atoms with Gasteiger partial charge in [-0.1, -0.05) is 0 Å². The molecule has 0 fully saturated rings. The fourth-order valence-corrected chi connectivity index (χ4v) is 1.40. The number of ether oxygens (including phenoxy) is 3. The highest BCUT2D eigenvalue weighted by atomic mass is 16.5. The molecule has 0 aliphatic heterocycles. The van der Waals surface area contributed by atoms with Crippen molar-refractivity contribution in [3.05, 3.63) is 23.8 Å². The first-order valence-corrected chi connectivity index (χ1v) is 4.67. The monoisotopic (exact) mass is 225 g/mol. The molecule has 1 unspecified atom stereocenters. The van der Waals surface area contributed by atoms with E-state index < -0.39 is 12.0 Å². The number of hydrogen-bond acceptors (Lipinski definition) is 4. The van der Waals surface area contributed by atoms with Gasteiger partial charge in [0.25, 0.3) is 5.91 Å². The fraction of sp³-hybridized carbons (Fsp3) is 0.364. The third kappa shape index (κ3) is 2.64. The summed E-state index contributed by atoms with van der Waals surface area (Å²) in [6.45, 7) is 0. The number of carbonyl (C=O) groups excluding carboxylic acids is 1. The van der Waals surface area contributed by atoms with E-state index in [0.29, 0.717) is 17.1 Å². The lowest BCUT2D eigenvalue weighted by atomic mass is 10.1. The van der Waals surface area contributed by atoms with Crippen molar-refractivity contribution in [3.63, 3.8) is 0 Å². The van der Waals surface area contributed by atoms with Gasteiger partial charge in [0.1, 0.15) is 11.5 Å². The van der Waals surface area contributed by atoms with Crippen molar-refractivity contribution in [1.82, 2.24) is 0 Å². The Morgan fingerprint density at radius 3 is 1.94 bits per heavy atom. The maximum absolute atomic E-state index is 11.1. The highest BCUT2D eigenvalue weighted by Crippen LogP contribution is 2.27. The number of benzene rings is 1. The van der Waals surface area contributed by atoms with Gasteiger partial charge >= 0.3 is 0 Å². The first-order valence-electron chi connectivity index (χ1n) is 4.67. The molecule has 0 bridgehead atoms. The zero-order valence-corrected chi connectivity index (χ0v) is 9.52.